The Morgan fingerprint density at radius 3 is 1.43 bits per heavy atom. The molecule has 2 aromatic heterocycles. The number of morpholine rings is 4. The van der Waals surface area contributed by atoms with E-state index >= 15 is 0 Å². The highest BCUT2D eigenvalue weighted by Crippen LogP contribution is 2.31. The second-order valence-electron chi connectivity index (χ2n) is 9.80. The fraction of sp³-hybridized carbons (Fsp3) is 0.615. The lowest BCUT2D eigenvalue weighted by atomic mass is 10.2. The summed E-state index contributed by atoms with van der Waals surface area (Å²) >= 11 is 0. The number of ether oxygens (including phenoxy) is 4. The number of pyridine rings is 2. The van der Waals surface area contributed by atoms with E-state index < -0.39 is 0 Å². The summed E-state index contributed by atoms with van der Waals surface area (Å²) in [6, 6.07) is 3.63. The Morgan fingerprint density at radius 1 is 0.625 bits per heavy atom. The third-order valence-corrected chi connectivity index (χ3v) is 7.28. The maximum atomic E-state index is 11.4. The minimum atomic E-state index is -0.359. The van der Waals surface area contributed by atoms with E-state index in [9.17, 15) is 10.1 Å². The van der Waals surface area contributed by atoms with Crippen molar-refractivity contribution >= 4 is 34.4 Å². The molecule has 2 N–H and O–H groups in total. The summed E-state index contributed by atoms with van der Waals surface area (Å²) in [7, 11) is 0. The molecule has 0 aromatic carbocycles. The minimum absolute atomic E-state index is 0.0564. The molecule has 0 amide bonds. The van der Waals surface area contributed by atoms with E-state index in [0.717, 1.165) is 88.6 Å². The molecule has 4 fully saturated rings. The first kappa shape index (κ1) is 28.1. The SMILES string of the molecule is Nc1cc(N2CCOCC2)cnc1N1CCOCC1.O=[N+]([O-])c1cc(N2CCOCC2)cnc1N1CCOCC1. The third kappa shape index (κ3) is 6.99. The largest absolute Gasteiger partial charge is 0.396 e. The molecule has 0 atom stereocenters. The Bertz CT molecular complexity index is 1120. The molecule has 0 bridgehead atoms. The monoisotopic (exact) mass is 558 g/mol. The highest BCUT2D eigenvalue weighted by Gasteiger charge is 2.25. The van der Waals surface area contributed by atoms with Gasteiger partial charge in [-0.1, -0.05) is 0 Å². The molecule has 2 aromatic rings. The van der Waals surface area contributed by atoms with Crippen LogP contribution in [-0.4, -0.2) is 120 Å². The van der Waals surface area contributed by atoms with Crippen LogP contribution in [0, 0.1) is 10.1 Å². The van der Waals surface area contributed by atoms with Crippen molar-refractivity contribution < 1.29 is 23.9 Å². The molecule has 14 nitrogen and oxygen atoms in total. The molecule has 218 valence electrons. The molecule has 6 heterocycles. The summed E-state index contributed by atoms with van der Waals surface area (Å²) in [6.07, 6.45) is 3.62. The van der Waals surface area contributed by atoms with Crippen LogP contribution in [0.1, 0.15) is 0 Å². The van der Waals surface area contributed by atoms with Crippen molar-refractivity contribution in [1.29, 1.82) is 0 Å². The average molecular weight is 559 g/mol. The summed E-state index contributed by atoms with van der Waals surface area (Å²) < 4.78 is 21.3. The quantitative estimate of drug-likeness (QED) is 0.412. The summed E-state index contributed by atoms with van der Waals surface area (Å²) in [5, 5.41) is 11.4. The first-order valence-corrected chi connectivity index (χ1v) is 13.8. The van der Waals surface area contributed by atoms with Crippen LogP contribution >= 0.6 is 0 Å². The minimum Gasteiger partial charge on any atom is -0.396 e. The first-order valence-electron chi connectivity index (χ1n) is 13.8. The zero-order valence-corrected chi connectivity index (χ0v) is 22.8. The van der Waals surface area contributed by atoms with Gasteiger partial charge in [-0.3, -0.25) is 10.1 Å². The van der Waals surface area contributed by atoms with Crippen molar-refractivity contribution in [3.05, 3.63) is 34.6 Å². The lowest BCUT2D eigenvalue weighted by Crippen LogP contribution is -2.38. The Morgan fingerprint density at radius 2 is 1.00 bits per heavy atom. The number of rotatable bonds is 5. The van der Waals surface area contributed by atoms with Crippen LogP contribution in [0.15, 0.2) is 24.5 Å². The van der Waals surface area contributed by atoms with Crippen molar-refractivity contribution in [2.24, 2.45) is 0 Å². The number of anilines is 5. The number of nitrogens with two attached hydrogens (primary N) is 1. The molecular weight excluding hydrogens is 520 g/mol. The zero-order valence-electron chi connectivity index (χ0n) is 22.8. The van der Waals surface area contributed by atoms with Crippen LogP contribution in [0.3, 0.4) is 0 Å². The maximum Gasteiger partial charge on any atom is 0.313 e. The Balaban J connectivity index is 0.000000162. The number of nitro groups is 1. The lowest BCUT2D eigenvalue weighted by Gasteiger charge is -2.31. The fourth-order valence-electron chi connectivity index (χ4n) is 5.08. The molecule has 0 aliphatic carbocycles. The van der Waals surface area contributed by atoms with Gasteiger partial charge in [-0.15, -0.1) is 0 Å². The molecule has 4 saturated heterocycles. The van der Waals surface area contributed by atoms with Gasteiger partial charge in [-0.25, -0.2) is 9.97 Å². The van der Waals surface area contributed by atoms with Crippen LogP contribution in [0.5, 0.6) is 0 Å². The normalized spacial score (nSPS) is 20.1. The molecule has 0 unspecified atom stereocenters. The number of nitrogens with zero attached hydrogens (tertiary/aromatic N) is 7. The number of nitrogen functional groups attached to an aromatic ring is 1. The van der Waals surface area contributed by atoms with E-state index in [1.54, 1.807) is 12.3 Å². The summed E-state index contributed by atoms with van der Waals surface area (Å²) in [6.45, 7) is 11.7. The number of hydrogen-bond acceptors (Lipinski definition) is 13. The predicted octanol–water partition coefficient (Wildman–Crippen LogP) is 1.00. The van der Waals surface area contributed by atoms with Crippen LogP contribution in [0.25, 0.3) is 0 Å². The van der Waals surface area contributed by atoms with E-state index in [1.807, 2.05) is 17.2 Å². The number of hydrogen-bond donors (Lipinski definition) is 1. The van der Waals surface area contributed by atoms with E-state index in [0.29, 0.717) is 45.3 Å². The second-order valence-corrected chi connectivity index (χ2v) is 9.80. The van der Waals surface area contributed by atoms with Crippen molar-refractivity contribution in [1.82, 2.24) is 9.97 Å². The molecule has 14 heteroatoms. The van der Waals surface area contributed by atoms with Crippen molar-refractivity contribution in [3.63, 3.8) is 0 Å². The average Bonchev–Trinajstić information content (AvgIpc) is 3.03. The highest BCUT2D eigenvalue weighted by atomic mass is 16.6. The maximum absolute atomic E-state index is 11.4. The van der Waals surface area contributed by atoms with E-state index in [4.69, 9.17) is 24.7 Å². The Hall–Kier alpha value is -3.46. The lowest BCUT2D eigenvalue weighted by molar-refractivity contribution is -0.384. The highest BCUT2D eigenvalue weighted by molar-refractivity contribution is 5.68. The van der Waals surface area contributed by atoms with Crippen molar-refractivity contribution in [3.8, 4) is 0 Å². The van der Waals surface area contributed by atoms with Crippen LogP contribution in [-0.2, 0) is 18.9 Å². The van der Waals surface area contributed by atoms with Gasteiger partial charge in [-0.05, 0) is 6.07 Å². The molecule has 4 aliphatic rings. The predicted molar refractivity (Wildman–Crippen MR) is 152 cm³/mol. The van der Waals surface area contributed by atoms with E-state index in [1.165, 1.54) is 0 Å². The molecule has 4 aliphatic heterocycles. The van der Waals surface area contributed by atoms with E-state index in [-0.39, 0.29) is 10.6 Å². The molecule has 0 radical (unpaired) electrons. The Kier molecular flexibility index (Phi) is 9.65. The van der Waals surface area contributed by atoms with Crippen LogP contribution in [0.4, 0.5) is 34.4 Å². The van der Waals surface area contributed by atoms with Gasteiger partial charge in [0, 0.05) is 58.4 Å². The summed E-state index contributed by atoms with van der Waals surface area (Å²) in [5.74, 6) is 1.31. The van der Waals surface area contributed by atoms with Gasteiger partial charge in [0.2, 0.25) is 5.82 Å². The molecule has 6 rings (SSSR count). The zero-order chi connectivity index (χ0) is 27.7. The topological polar surface area (TPSA) is 145 Å². The molecule has 40 heavy (non-hydrogen) atoms. The van der Waals surface area contributed by atoms with Crippen LogP contribution in [0.2, 0.25) is 0 Å². The van der Waals surface area contributed by atoms with Gasteiger partial charge in [0.15, 0.2) is 5.82 Å². The van der Waals surface area contributed by atoms with Crippen LogP contribution < -0.4 is 25.3 Å². The second kappa shape index (κ2) is 13.7. The van der Waals surface area contributed by atoms with Gasteiger partial charge in [0.25, 0.3) is 0 Å². The van der Waals surface area contributed by atoms with Crippen molar-refractivity contribution in [2.75, 3.05) is 131 Å². The Labute approximate surface area is 233 Å². The summed E-state index contributed by atoms with van der Waals surface area (Å²) in [4.78, 5) is 28.3. The van der Waals surface area contributed by atoms with Gasteiger partial charge in [-0.2, -0.15) is 0 Å². The summed E-state index contributed by atoms with van der Waals surface area (Å²) in [5.41, 5.74) is 8.81. The van der Waals surface area contributed by atoms with Gasteiger partial charge in [0.1, 0.15) is 0 Å². The molecular formula is C26H38N8O6. The van der Waals surface area contributed by atoms with Gasteiger partial charge >= 0.3 is 5.69 Å². The number of aromatic nitrogens is 2. The molecule has 0 spiro atoms. The van der Waals surface area contributed by atoms with Gasteiger partial charge < -0.3 is 44.3 Å². The first-order chi connectivity index (χ1) is 19.6. The standard InChI is InChI=1S/C13H18N4O4.C13H20N4O2/c18-17(19)12-9-11(15-1-5-20-6-2-15)10-14-13(12)16-3-7-21-8-4-16;14-12-9-11(16-1-5-18-6-2-16)10-15-13(12)17-3-7-19-8-4-17/h9-10H,1-8H2;9-10H,1-8,14H2. The van der Waals surface area contributed by atoms with Crippen molar-refractivity contribution in [2.45, 2.75) is 0 Å². The van der Waals surface area contributed by atoms with E-state index in [2.05, 4.69) is 24.7 Å². The fourth-order valence-corrected chi connectivity index (χ4v) is 5.08. The van der Waals surface area contributed by atoms with Gasteiger partial charge in [0.05, 0.1) is 87.2 Å². The molecule has 0 saturated carbocycles. The smallest absolute Gasteiger partial charge is 0.313 e. The third-order valence-electron chi connectivity index (χ3n) is 7.28.